The number of carbonyl (C=O) groups is 2. The molecule has 24 heavy (non-hydrogen) atoms. The van der Waals surface area contributed by atoms with Crippen LogP contribution in [0.1, 0.15) is 12.7 Å². The molecule has 2 aromatic rings. The molecule has 1 N–H and O–H groups in total. The highest BCUT2D eigenvalue weighted by Gasteiger charge is 2.18. The molecule has 0 atom stereocenters. The Bertz CT molecular complexity index is 697. The molecule has 0 aliphatic heterocycles. The van der Waals surface area contributed by atoms with E-state index in [0.29, 0.717) is 22.9 Å². The van der Waals surface area contributed by atoms with E-state index in [0.717, 1.165) is 0 Å². The first kappa shape index (κ1) is 17.4. The Morgan fingerprint density at radius 3 is 2.50 bits per heavy atom. The number of rotatable bonds is 7. The van der Waals surface area contributed by atoms with Crippen molar-refractivity contribution in [3.8, 4) is 11.5 Å². The Balaban J connectivity index is 2.08. The second kappa shape index (κ2) is 8.05. The zero-order valence-corrected chi connectivity index (χ0v) is 13.9. The Morgan fingerprint density at radius 1 is 1.17 bits per heavy atom. The van der Waals surface area contributed by atoms with Gasteiger partial charge in [-0.3, -0.25) is 9.59 Å². The van der Waals surface area contributed by atoms with E-state index in [1.807, 2.05) is 0 Å². The zero-order valence-electron chi connectivity index (χ0n) is 13.9. The molecule has 0 aliphatic rings. The van der Waals surface area contributed by atoms with Crippen LogP contribution in [0, 0.1) is 0 Å². The number of hydrogen-bond acceptors (Lipinski definition) is 5. The summed E-state index contributed by atoms with van der Waals surface area (Å²) < 4.78 is 15.6. The maximum absolute atomic E-state index is 12.1. The molecule has 1 aromatic heterocycles. The fourth-order valence-corrected chi connectivity index (χ4v) is 2.18. The number of anilines is 1. The monoisotopic (exact) mass is 332 g/mol. The SMILES string of the molecule is COc1ccc(N(CC(=O)NCc2ccco2)C(C)=O)cc1OC. The van der Waals surface area contributed by atoms with Gasteiger partial charge in [-0.2, -0.15) is 0 Å². The van der Waals surface area contributed by atoms with Gasteiger partial charge in [0.2, 0.25) is 11.8 Å². The van der Waals surface area contributed by atoms with Gasteiger partial charge >= 0.3 is 0 Å². The van der Waals surface area contributed by atoms with E-state index in [9.17, 15) is 9.59 Å². The van der Waals surface area contributed by atoms with Crippen LogP contribution in [-0.4, -0.2) is 32.6 Å². The first-order valence-electron chi connectivity index (χ1n) is 7.34. The topological polar surface area (TPSA) is 81.0 Å². The fourth-order valence-electron chi connectivity index (χ4n) is 2.18. The standard InChI is InChI=1S/C17H20N2O5/c1-12(20)19(11-17(21)18-10-14-5-4-8-24-14)13-6-7-15(22-2)16(9-13)23-3/h4-9H,10-11H2,1-3H3,(H,18,21). The number of methoxy groups -OCH3 is 2. The van der Waals surface area contributed by atoms with E-state index >= 15 is 0 Å². The highest BCUT2D eigenvalue weighted by molar-refractivity contribution is 5.97. The quantitative estimate of drug-likeness (QED) is 0.838. The van der Waals surface area contributed by atoms with Crippen LogP contribution in [0.5, 0.6) is 11.5 Å². The fraction of sp³-hybridized carbons (Fsp3) is 0.294. The van der Waals surface area contributed by atoms with Gasteiger partial charge in [-0.15, -0.1) is 0 Å². The lowest BCUT2D eigenvalue weighted by Crippen LogP contribution is -2.39. The summed E-state index contributed by atoms with van der Waals surface area (Å²) in [4.78, 5) is 25.4. The molecule has 0 bridgehead atoms. The number of furan rings is 1. The molecule has 0 radical (unpaired) electrons. The van der Waals surface area contributed by atoms with E-state index in [4.69, 9.17) is 13.9 Å². The predicted octanol–water partition coefficient (Wildman–Crippen LogP) is 1.97. The van der Waals surface area contributed by atoms with Gasteiger partial charge in [0.1, 0.15) is 12.3 Å². The van der Waals surface area contributed by atoms with Crippen LogP contribution < -0.4 is 19.7 Å². The minimum absolute atomic E-state index is 0.106. The zero-order chi connectivity index (χ0) is 17.5. The Labute approximate surface area is 140 Å². The molecule has 2 amide bonds. The molecular formula is C17H20N2O5. The van der Waals surface area contributed by atoms with Crippen molar-refractivity contribution in [2.75, 3.05) is 25.7 Å². The normalized spacial score (nSPS) is 10.1. The van der Waals surface area contributed by atoms with Crippen molar-refractivity contribution in [2.45, 2.75) is 13.5 Å². The molecule has 1 aromatic carbocycles. The summed E-state index contributed by atoms with van der Waals surface area (Å²) in [5.74, 6) is 1.12. The number of nitrogens with zero attached hydrogens (tertiary/aromatic N) is 1. The Morgan fingerprint density at radius 2 is 1.92 bits per heavy atom. The molecule has 7 heteroatoms. The molecule has 0 unspecified atom stereocenters. The molecule has 0 saturated carbocycles. The highest BCUT2D eigenvalue weighted by atomic mass is 16.5. The lowest BCUT2D eigenvalue weighted by Gasteiger charge is -2.21. The van der Waals surface area contributed by atoms with Gasteiger partial charge in [0.05, 0.1) is 27.0 Å². The van der Waals surface area contributed by atoms with E-state index in [1.165, 1.54) is 32.3 Å². The van der Waals surface area contributed by atoms with Gasteiger partial charge in [-0.25, -0.2) is 0 Å². The van der Waals surface area contributed by atoms with Crippen LogP contribution in [-0.2, 0) is 16.1 Å². The average Bonchev–Trinajstić information content (AvgIpc) is 3.10. The molecule has 0 spiro atoms. The molecule has 0 saturated heterocycles. The van der Waals surface area contributed by atoms with Gasteiger partial charge in [0, 0.05) is 18.7 Å². The van der Waals surface area contributed by atoms with Crippen LogP contribution in [0.3, 0.4) is 0 Å². The number of amides is 2. The third kappa shape index (κ3) is 4.28. The summed E-state index contributed by atoms with van der Waals surface area (Å²) in [5.41, 5.74) is 0.549. The van der Waals surface area contributed by atoms with Crippen LogP contribution in [0.4, 0.5) is 5.69 Å². The lowest BCUT2D eigenvalue weighted by atomic mass is 10.2. The average molecular weight is 332 g/mol. The third-order valence-electron chi connectivity index (χ3n) is 3.40. The number of nitrogens with one attached hydrogen (secondary N) is 1. The maximum Gasteiger partial charge on any atom is 0.240 e. The highest BCUT2D eigenvalue weighted by Crippen LogP contribution is 2.31. The number of ether oxygens (including phenoxy) is 2. The van der Waals surface area contributed by atoms with Crippen molar-refractivity contribution >= 4 is 17.5 Å². The minimum atomic E-state index is -0.295. The predicted molar refractivity (Wildman–Crippen MR) is 88.1 cm³/mol. The maximum atomic E-state index is 12.1. The summed E-state index contributed by atoms with van der Waals surface area (Å²) in [6.45, 7) is 1.56. The Hall–Kier alpha value is -2.96. The van der Waals surface area contributed by atoms with Crippen molar-refractivity contribution in [3.05, 3.63) is 42.4 Å². The summed E-state index contributed by atoms with van der Waals surface area (Å²) >= 11 is 0. The summed E-state index contributed by atoms with van der Waals surface area (Å²) in [6, 6.07) is 8.54. The smallest absolute Gasteiger partial charge is 0.240 e. The molecule has 0 aliphatic carbocycles. The van der Waals surface area contributed by atoms with Crippen LogP contribution >= 0.6 is 0 Å². The molecular weight excluding hydrogens is 312 g/mol. The van der Waals surface area contributed by atoms with Gasteiger partial charge in [0.25, 0.3) is 0 Å². The lowest BCUT2D eigenvalue weighted by molar-refractivity contribution is -0.123. The van der Waals surface area contributed by atoms with E-state index in [-0.39, 0.29) is 24.9 Å². The summed E-state index contributed by atoms with van der Waals surface area (Å²) in [6.07, 6.45) is 1.53. The first-order chi connectivity index (χ1) is 11.5. The van der Waals surface area contributed by atoms with Gasteiger partial charge in [0.15, 0.2) is 11.5 Å². The number of hydrogen-bond donors (Lipinski definition) is 1. The largest absolute Gasteiger partial charge is 0.493 e. The molecule has 128 valence electrons. The molecule has 7 nitrogen and oxygen atoms in total. The van der Waals surface area contributed by atoms with E-state index in [1.54, 1.807) is 30.3 Å². The molecule has 2 rings (SSSR count). The minimum Gasteiger partial charge on any atom is -0.493 e. The second-order valence-corrected chi connectivity index (χ2v) is 5.00. The van der Waals surface area contributed by atoms with Crippen molar-refractivity contribution in [1.29, 1.82) is 0 Å². The second-order valence-electron chi connectivity index (χ2n) is 5.00. The van der Waals surface area contributed by atoms with Crippen molar-refractivity contribution in [2.24, 2.45) is 0 Å². The van der Waals surface area contributed by atoms with Gasteiger partial charge in [-0.05, 0) is 24.3 Å². The van der Waals surface area contributed by atoms with Crippen molar-refractivity contribution in [1.82, 2.24) is 5.32 Å². The van der Waals surface area contributed by atoms with Crippen LogP contribution in [0.15, 0.2) is 41.0 Å². The van der Waals surface area contributed by atoms with Crippen molar-refractivity contribution in [3.63, 3.8) is 0 Å². The van der Waals surface area contributed by atoms with Crippen LogP contribution in [0.25, 0.3) is 0 Å². The third-order valence-corrected chi connectivity index (χ3v) is 3.40. The summed E-state index contributed by atoms with van der Waals surface area (Å²) in [7, 11) is 3.04. The molecule has 0 fully saturated rings. The summed E-state index contributed by atoms with van der Waals surface area (Å²) in [5, 5.41) is 2.71. The number of carbonyl (C=O) groups excluding carboxylic acids is 2. The van der Waals surface area contributed by atoms with E-state index in [2.05, 4.69) is 5.32 Å². The van der Waals surface area contributed by atoms with E-state index < -0.39 is 0 Å². The van der Waals surface area contributed by atoms with Crippen molar-refractivity contribution < 1.29 is 23.5 Å². The number of benzene rings is 1. The Kier molecular flexibility index (Phi) is 5.83. The van der Waals surface area contributed by atoms with Crippen LogP contribution in [0.2, 0.25) is 0 Å². The van der Waals surface area contributed by atoms with Gasteiger partial charge in [-0.1, -0.05) is 0 Å². The van der Waals surface area contributed by atoms with Gasteiger partial charge < -0.3 is 24.1 Å². The first-order valence-corrected chi connectivity index (χ1v) is 7.34. The molecule has 1 heterocycles.